The fraction of sp³-hybridized carbons (Fsp3) is 0.118. The van der Waals surface area contributed by atoms with Crippen LogP contribution in [0.25, 0.3) is 10.8 Å². The van der Waals surface area contributed by atoms with Gasteiger partial charge in [0.05, 0.1) is 12.0 Å². The van der Waals surface area contributed by atoms with Crippen LogP contribution in [0.4, 0.5) is 4.39 Å². The number of furan rings is 1. The average Bonchev–Trinajstić information content (AvgIpc) is 3.41. The fourth-order valence-electron chi connectivity index (χ4n) is 2.21. The smallest absolute Gasteiger partial charge is 0.210 e. The van der Waals surface area contributed by atoms with Gasteiger partial charge >= 0.3 is 0 Å². The van der Waals surface area contributed by atoms with Crippen LogP contribution in [-0.4, -0.2) is 19.9 Å². The number of nitrogens with two attached hydrogens (primary N) is 1. The van der Waals surface area contributed by atoms with Crippen LogP contribution in [-0.2, 0) is 12.4 Å². The fourth-order valence-corrected chi connectivity index (χ4v) is 3.87. The van der Waals surface area contributed by atoms with Crippen LogP contribution in [0.3, 0.4) is 0 Å². The molecule has 3 aromatic heterocycles. The second-order valence-corrected chi connectivity index (χ2v) is 7.22. The number of thioether (sulfide) groups is 1. The van der Waals surface area contributed by atoms with Gasteiger partial charge in [0.1, 0.15) is 18.2 Å². The number of rotatable bonds is 7. The van der Waals surface area contributed by atoms with Crippen LogP contribution in [0.15, 0.2) is 57.6 Å². The van der Waals surface area contributed by atoms with Crippen molar-refractivity contribution in [3.8, 4) is 16.5 Å². The number of nitrogens with zero attached hydrogens (tertiary/aromatic N) is 4. The lowest BCUT2D eigenvalue weighted by molar-refractivity contribution is 0.291. The van der Waals surface area contributed by atoms with Crippen molar-refractivity contribution in [1.29, 1.82) is 0 Å². The Labute approximate surface area is 162 Å². The second kappa shape index (κ2) is 7.80. The molecule has 1 aromatic carbocycles. The van der Waals surface area contributed by atoms with Crippen LogP contribution in [0.2, 0.25) is 0 Å². The summed E-state index contributed by atoms with van der Waals surface area (Å²) in [5.41, 5.74) is 0.906. The van der Waals surface area contributed by atoms with Crippen molar-refractivity contribution in [3.05, 3.63) is 65.4 Å². The Balaban J connectivity index is 1.35. The van der Waals surface area contributed by atoms with E-state index in [2.05, 4.69) is 15.2 Å². The van der Waals surface area contributed by atoms with Crippen LogP contribution in [0, 0.1) is 5.82 Å². The summed E-state index contributed by atoms with van der Waals surface area (Å²) in [6.07, 6.45) is 1.62. The first-order valence-corrected chi connectivity index (χ1v) is 9.74. The molecule has 4 rings (SSSR count). The molecule has 0 radical (unpaired) electrons. The lowest BCUT2D eigenvalue weighted by atomic mass is 10.3. The van der Waals surface area contributed by atoms with E-state index in [0.717, 1.165) is 16.5 Å². The zero-order chi connectivity index (χ0) is 18.6. The van der Waals surface area contributed by atoms with E-state index in [0.29, 0.717) is 22.5 Å². The predicted octanol–water partition coefficient (Wildman–Crippen LogP) is 3.72. The van der Waals surface area contributed by atoms with E-state index in [-0.39, 0.29) is 12.4 Å². The minimum absolute atomic E-state index is 0.134. The highest BCUT2D eigenvalue weighted by molar-refractivity contribution is 7.98. The van der Waals surface area contributed by atoms with Crippen molar-refractivity contribution >= 4 is 23.1 Å². The first-order chi connectivity index (χ1) is 13.2. The predicted molar refractivity (Wildman–Crippen MR) is 100 cm³/mol. The zero-order valence-electron chi connectivity index (χ0n) is 13.9. The van der Waals surface area contributed by atoms with E-state index in [1.54, 1.807) is 18.4 Å². The third-order valence-corrected chi connectivity index (χ3v) is 5.43. The summed E-state index contributed by atoms with van der Waals surface area (Å²) in [7, 11) is 0. The first-order valence-electron chi connectivity index (χ1n) is 7.88. The van der Waals surface area contributed by atoms with Gasteiger partial charge in [-0.25, -0.2) is 14.1 Å². The maximum atomic E-state index is 12.9. The molecule has 7 nitrogen and oxygen atoms in total. The van der Waals surface area contributed by atoms with Crippen LogP contribution < -0.4 is 10.6 Å². The monoisotopic (exact) mass is 403 g/mol. The highest BCUT2D eigenvalue weighted by atomic mass is 32.2. The molecule has 0 aliphatic carbocycles. The number of thiazole rings is 1. The minimum Gasteiger partial charge on any atom is -0.486 e. The maximum Gasteiger partial charge on any atom is 0.210 e. The van der Waals surface area contributed by atoms with Crippen molar-refractivity contribution in [2.75, 3.05) is 5.84 Å². The molecule has 2 N–H and O–H groups in total. The van der Waals surface area contributed by atoms with E-state index in [9.17, 15) is 4.39 Å². The normalized spacial score (nSPS) is 11.0. The Hall–Kier alpha value is -2.85. The molecule has 138 valence electrons. The summed E-state index contributed by atoms with van der Waals surface area (Å²) in [6.45, 7) is 0.134. The average molecular weight is 403 g/mol. The molecular formula is C17H14FN5O2S2. The summed E-state index contributed by atoms with van der Waals surface area (Å²) in [5.74, 6) is 8.07. The third-order valence-electron chi connectivity index (χ3n) is 3.55. The zero-order valence-corrected chi connectivity index (χ0v) is 15.5. The van der Waals surface area contributed by atoms with Crippen molar-refractivity contribution < 1.29 is 13.5 Å². The minimum atomic E-state index is -0.319. The van der Waals surface area contributed by atoms with Gasteiger partial charge in [0.2, 0.25) is 5.16 Å². The molecule has 0 saturated carbocycles. The molecule has 10 heteroatoms. The summed E-state index contributed by atoms with van der Waals surface area (Å²) in [5, 5.41) is 11.5. The molecule has 0 aliphatic rings. The molecule has 0 amide bonds. The molecular weight excluding hydrogens is 389 g/mol. The molecule has 0 aliphatic heterocycles. The molecule has 0 unspecified atom stereocenters. The van der Waals surface area contributed by atoms with E-state index in [1.165, 1.54) is 39.9 Å². The van der Waals surface area contributed by atoms with Crippen LogP contribution in [0.5, 0.6) is 5.75 Å². The molecule has 0 bridgehead atoms. The number of benzene rings is 1. The van der Waals surface area contributed by atoms with Gasteiger partial charge in [-0.05, 0) is 36.4 Å². The number of aromatic nitrogens is 4. The van der Waals surface area contributed by atoms with Gasteiger partial charge in [0, 0.05) is 11.1 Å². The Morgan fingerprint density at radius 1 is 1.22 bits per heavy atom. The molecule has 0 saturated heterocycles. The second-order valence-electron chi connectivity index (χ2n) is 5.42. The number of ether oxygens (including phenoxy) is 1. The lowest BCUT2D eigenvalue weighted by Crippen LogP contribution is -2.15. The van der Waals surface area contributed by atoms with E-state index in [1.807, 2.05) is 17.5 Å². The standard InChI is InChI=1S/C17H14FN5O2S2/c18-11-3-5-13(6-4-11)25-8-15-21-22-17(23(15)19)27-10-12-9-26-16(20-12)14-2-1-7-24-14/h1-7,9H,8,10,19H2. The Morgan fingerprint density at radius 2 is 2.07 bits per heavy atom. The van der Waals surface area contributed by atoms with Gasteiger partial charge in [0.15, 0.2) is 16.6 Å². The van der Waals surface area contributed by atoms with Gasteiger partial charge in [-0.1, -0.05) is 11.8 Å². The molecule has 0 fully saturated rings. The van der Waals surface area contributed by atoms with Crippen molar-refractivity contribution in [2.24, 2.45) is 0 Å². The number of nitrogen functional groups attached to an aromatic ring is 1. The highest BCUT2D eigenvalue weighted by Gasteiger charge is 2.13. The largest absolute Gasteiger partial charge is 0.486 e. The third kappa shape index (κ3) is 4.12. The molecule has 0 spiro atoms. The van der Waals surface area contributed by atoms with Crippen molar-refractivity contribution in [3.63, 3.8) is 0 Å². The van der Waals surface area contributed by atoms with Gasteiger partial charge in [-0.2, -0.15) is 0 Å². The van der Waals surface area contributed by atoms with E-state index >= 15 is 0 Å². The lowest BCUT2D eigenvalue weighted by Gasteiger charge is -2.06. The number of halogens is 1. The summed E-state index contributed by atoms with van der Waals surface area (Å²) < 4.78 is 25.2. The SMILES string of the molecule is Nn1c(COc2ccc(F)cc2)nnc1SCc1csc(-c2ccco2)n1. The van der Waals surface area contributed by atoms with Crippen molar-refractivity contribution in [1.82, 2.24) is 19.9 Å². The Bertz CT molecular complexity index is 1010. The van der Waals surface area contributed by atoms with Crippen molar-refractivity contribution in [2.45, 2.75) is 17.5 Å². The Kier molecular flexibility index (Phi) is 5.07. The first kappa shape index (κ1) is 17.6. The van der Waals surface area contributed by atoms with Gasteiger partial charge in [0.25, 0.3) is 0 Å². The summed E-state index contributed by atoms with van der Waals surface area (Å²) >= 11 is 2.95. The maximum absolute atomic E-state index is 12.9. The highest BCUT2D eigenvalue weighted by Crippen LogP contribution is 2.27. The van der Waals surface area contributed by atoms with Crippen LogP contribution >= 0.6 is 23.1 Å². The molecule has 27 heavy (non-hydrogen) atoms. The molecule has 4 aromatic rings. The van der Waals surface area contributed by atoms with E-state index < -0.39 is 0 Å². The number of hydrogen-bond acceptors (Lipinski definition) is 8. The van der Waals surface area contributed by atoms with Gasteiger partial charge < -0.3 is 15.0 Å². The number of hydrogen-bond donors (Lipinski definition) is 1. The topological polar surface area (TPSA) is 92.0 Å². The Morgan fingerprint density at radius 3 is 2.85 bits per heavy atom. The van der Waals surface area contributed by atoms with Gasteiger partial charge in [-0.3, -0.25) is 0 Å². The molecule has 0 atom stereocenters. The summed E-state index contributed by atoms with van der Waals surface area (Å²) in [4.78, 5) is 4.54. The van der Waals surface area contributed by atoms with E-state index in [4.69, 9.17) is 15.0 Å². The van der Waals surface area contributed by atoms with Crippen LogP contribution in [0.1, 0.15) is 11.5 Å². The quantitative estimate of drug-likeness (QED) is 0.371. The van der Waals surface area contributed by atoms with Gasteiger partial charge in [-0.15, -0.1) is 21.5 Å². The molecule has 3 heterocycles. The summed E-state index contributed by atoms with van der Waals surface area (Å²) in [6, 6.07) is 9.45.